The standard InChI is InChI=1S/C20H27FN4O3/c1-24(2)9-10-25(15-16-5-4-8-22-14-16)20(26)23-17-6-7-19(18(21)13-17)28-12-11-27-3/h4-8,13-14H,9-12,15H2,1-3H3,(H,23,26). The van der Waals surface area contributed by atoms with E-state index in [-0.39, 0.29) is 18.4 Å². The van der Waals surface area contributed by atoms with Crippen LogP contribution >= 0.6 is 0 Å². The summed E-state index contributed by atoms with van der Waals surface area (Å²) in [6.45, 7) is 2.26. The average molecular weight is 390 g/mol. The molecule has 0 bridgehead atoms. The Morgan fingerprint density at radius 2 is 2.04 bits per heavy atom. The van der Waals surface area contributed by atoms with Gasteiger partial charge in [-0.05, 0) is 37.9 Å². The molecule has 152 valence electrons. The van der Waals surface area contributed by atoms with Crippen LogP contribution in [0.25, 0.3) is 0 Å². The third-order valence-electron chi connectivity index (χ3n) is 3.93. The quantitative estimate of drug-likeness (QED) is 0.632. The number of urea groups is 1. The number of amides is 2. The van der Waals surface area contributed by atoms with Gasteiger partial charge in [0.1, 0.15) is 6.61 Å². The van der Waals surface area contributed by atoms with E-state index in [0.717, 1.165) is 5.56 Å². The maximum atomic E-state index is 14.2. The van der Waals surface area contributed by atoms with Crippen molar-refractivity contribution >= 4 is 11.7 Å². The Morgan fingerprint density at radius 3 is 2.68 bits per heavy atom. The molecule has 0 atom stereocenters. The first-order chi connectivity index (χ1) is 13.5. The number of carbonyl (C=O) groups is 1. The van der Waals surface area contributed by atoms with Crippen LogP contribution in [0.15, 0.2) is 42.7 Å². The molecular formula is C20H27FN4O3. The summed E-state index contributed by atoms with van der Waals surface area (Å²) < 4.78 is 24.4. The molecule has 0 spiro atoms. The molecule has 0 fully saturated rings. The molecule has 0 aliphatic rings. The lowest BCUT2D eigenvalue weighted by Gasteiger charge is -2.25. The van der Waals surface area contributed by atoms with Crippen molar-refractivity contribution in [1.29, 1.82) is 0 Å². The normalized spacial score (nSPS) is 10.8. The van der Waals surface area contributed by atoms with E-state index in [1.165, 1.54) is 12.1 Å². The number of aromatic nitrogens is 1. The summed E-state index contributed by atoms with van der Waals surface area (Å²) in [6, 6.07) is 7.78. The number of hydrogen-bond acceptors (Lipinski definition) is 5. The first kappa shape index (κ1) is 21.6. The molecule has 1 aromatic carbocycles. The van der Waals surface area contributed by atoms with E-state index >= 15 is 0 Å². The topological polar surface area (TPSA) is 66.9 Å². The van der Waals surface area contributed by atoms with Gasteiger partial charge in [-0.25, -0.2) is 9.18 Å². The predicted octanol–water partition coefficient (Wildman–Crippen LogP) is 2.84. The fourth-order valence-electron chi connectivity index (χ4n) is 2.42. The van der Waals surface area contributed by atoms with Crippen molar-refractivity contribution in [3.63, 3.8) is 0 Å². The Hall–Kier alpha value is -2.71. The number of benzene rings is 1. The Morgan fingerprint density at radius 1 is 1.21 bits per heavy atom. The molecule has 8 heteroatoms. The van der Waals surface area contributed by atoms with Crippen LogP contribution in [0, 0.1) is 5.82 Å². The second-order valence-electron chi connectivity index (χ2n) is 6.50. The molecule has 28 heavy (non-hydrogen) atoms. The number of halogens is 1. The highest BCUT2D eigenvalue weighted by Gasteiger charge is 2.16. The van der Waals surface area contributed by atoms with Gasteiger partial charge in [0, 0.05) is 50.9 Å². The summed E-state index contributed by atoms with van der Waals surface area (Å²) in [4.78, 5) is 20.5. The van der Waals surface area contributed by atoms with E-state index in [2.05, 4.69) is 10.3 Å². The number of ether oxygens (including phenoxy) is 2. The van der Waals surface area contributed by atoms with Gasteiger partial charge in [-0.15, -0.1) is 0 Å². The van der Waals surface area contributed by atoms with Crippen molar-refractivity contribution < 1.29 is 18.7 Å². The summed E-state index contributed by atoms with van der Waals surface area (Å²) in [6.07, 6.45) is 3.41. The third-order valence-corrected chi connectivity index (χ3v) is 3.93. The smallest absolute Gasteiger partial charge is 0.322 e. The Balaban J connectivity index is 2.03. The highest BCUT2D eigenvalue weighted by atomic mass is 19.1. The fourth-order valence-corrected chi connectivity index (χ4v) is 2.42. The molecular weight excluding hydrogens is 363 g/mol. The fraction of sp³-hybridized carbons (Fsp3) is 0.400. The van der Waals surface area contributed by atoms with Gasteiger partial charge in [0.15, 0.2) is 11.6 Å². The minimum absolute atomic E-state index is 0.120. The maximum Gasteiger partial charge on any atom is 0.322 e. The predicted molar refractivity (Wildman–Crippen MR) is 106 cm³/mol. The molecule has 1 aromatic heterocycles. The van der Waals surface area contributed by atoms with E-state index in [9.17, 15) is 9.18 Å². The SMILES string of the molecule is COCCOc1ccc(NC(=O)N(CCN(C)C)Cc2cccnc2)cc1F. The van der Waals surface area contributed by atoms with Crippen molar-refractivity contribution in [2.24, 2.45) is 0 Å². The van der Waals surface area contributed by atoms with Crippen molar-refractivity contribution in [3.05, 3.63) is 54.1 Å². The lowest BCUT2D eigenvalue weighted by molar-refractivity contribution is 0.144. The molecule has 2 aromatic rings. The van der Waals surface area contributed by atoms with Crippen LogP contribution in [-0.2, 0) is 11.3 Å². The Kier molecular flexibility index (Phi) is 8.64. The average Bonchev–Trinajstić information content (AvgIpc) is 2.67. The number of rotatable bonds is 10. The minimum Gasteiger partial charge on any atom is -0.488 e. The number of nitrogens with one attached hydrogen (secondary N) is 1. The van der Waals surface area contributed by atoms with Crippen molar-refractivity contribution in [3.8, 4) is 5.75 Å². The van der Waals surface area contributed by atoms with E-state index < -0.39 is 5.82 Å². The summed E-state index contributed by atoms with van der Waals surface area (Å²) in [5.74, 6) is -0.420. The van der Waals surface area contributed by atoms with Crippen molar-refractivity contribution in [1.82, 2.24) is 14.8 Å². The molecule has 1 N–H and O–H groups in total. The first-order valence-electron chi connectivity index (χ1n) is 9.00. The number of hydrogen-bond donors (Lipinski definition) is 1. The molecule has 7 nitrogen and oxygen atoms in total. The summed E-state index contributed by atoms with van der Waals surface area (Å²) in [5.41, 5.74) is 1.28. The molecule has 0 unspecified atom stereocenters. The van der Waals surface area contributed by atoms with Crippen molar-refractivity contribution in [2.75, 3.05) is 52.8 Å². The lowest BCUT2D eigenvalue weighted by atomic mass is 10.2. The van der Waals surface area contributed by atoms with Crippen LogP contribution in [0.2, 0.25) is 0 Å². The molecule has 2 amide bonds. The zero-order valence-corrected chi connectivity index (χ0v) is 16.5. The number of methoxy groups -OCH3 is 1. The molecule has 0 aliphatic heterocycles. The van der Waals surface area contributed by atoms with Gasteiger partial charge in [0.25, 0.3) is 0 Å². The van der Waals surface area contributed by atoms with Gasteiger partial charge in [0.2, 0.25) is 0 Å². The van der Waals surface area contributed by atoms with Gasteiger partial charge in [-0.2, -0.15) is 0 Å². The number of likely N-dealkylation sites (N-methyl/N-ethyl adjacent to an activating group) is 1. The largest absolute Gasteiger partial charge is 0.488 e. The number of carbonyl (C=O) groups excluding carboxylic acids is 1. The number of nitrogens with zero attached hydrogens (tertiary/aromatic N) is 3. The van der Waals surface area contributed by atoms with E-state index in [1.807, 2.05) is 31.1 Å². The molecule has 0 aliphatic carbocycles. The van der Waals surface area contributed by atoms with Crippen LogP contribution in [0.1, 0.15) is 5.56 Å². The number of anilines is 1. The van der Waals surface area contributed by atoms with Crippen molar-refractivity contribution in [2.45, 2.75) is 6.54 Å². The van der Waals surface area contributed by atoms with Crippen LogP contribution in [-0.4, -0.2) is 68.3 Å². The Bertz CT molecular complexity index is 743. The minimum atomic E-state index is -0.541. The monoisotopic (exact) mass is 390 g/mol. The Labute approximate surface area is 165 Å². The van der Waals surface area contributed by atoms with Gasteiger partial charge >= 0.3 is 6.03 Å². The van der Waals surface area contributed by atoms with Gasteiger partial charge in [-0.1, -0.05) is 6.07 Å². The van der Waals surface area contributed by atoms with E-state index in [4.69, 9.17) is 9.47 Å². The zero-order valence-electron chi connectivity index (χ0n) is 16.5. The maximum absolute atomic E-state index is 14.2. The molecule has 0 saturated heterocycles. The highest BCUT2D eigenvalue weighted by molar-refractivity contribution is 5.89. The van der Waals surface area contributed by atoms with Crippen LogP contribution in [0.3, 0.4) is 0 Å². The lowest BCUT2D eigenvalue weighted by Crippen LogP contribution is -2.39. The second kappa shape index (κ2) is 11.2. The highest BCUT2D eigenvalue weighted by Crippen LogP contribution is 2.21. The van der Waals surface area contributed by atoms with Gasteiger partial charge < -0.3 is 24.6 Å². The van der Waals surface area contributed by atoms with E-state index in [1.54, 1.807) is 30.5 Å². The summed E-state index contributed by atoms with van der Waals surface area (Å²) in [7, 11) is 5.43. The molecule has 2 rings (SSSR count). The van der Waals surface area contributed by atoms with Gasteiger partial charge in [0.05, 0.1) is 6.61 Å². The van der Waals surface area contributed by atoms with Crippen LogP contribution in [0.4, 0.5) is 14.9 Å². The number of pyridine rings is 1. The summed E-state index contributed by atoms with van der Waals surface area (Å²) >= 11 is 0. The van der Waals surface area contributed by atoms with Crippen LogP contribution < -0.4 is 10.1 Å². The van der Waals surface area contributed by atoms with Crippen LogP contribution in [0.5, 0.6) is 5.75 Å². The third kappa shape index (κ3) is 7.13. The molecule has 1 heterocycles. The molecule has 0 saturated carbocycles. The summed E-state index contributed by atoms with van der Waals surface area (Å²) in [5, 5.41) is 2.75. The van der Waals surface area contributed by atoms with Gasteiger partial charge in [-0.3, -0.25) is 4.98 Å². The molecule has 0 radical (unpaired) electrons. The van der Waals surface area contributed by atoms with E-state index in [0.29, 0.717) is 31.9 Å². The zero-order chi connectivity index (χ0) is 20.4. The second-order valence-corrected chi connectivity index (χ2v) is 6.50. The first-order valence-corrected chi connectivity index (χ1v) is 9.00.